The number of Topliss-reactive ketones (excluding diaryl/α,β-unsaturated/α-hetero) is 1. The van der Waals surface area contributed by atoms with Gasteiger partial charge in [0.2, 0.25) is 0 Å². The number of hydrogen-bond acceptors (Lipinski definition) is 4. The Morgan fingerprint density at radius 2 is 2.12 bits per heavy atom. The number of amides is 1. The van der Waals surface area contributed by atoms with Crippen LogP contribution in [-0.4, -0.2) is 31.9 Å². The summed E-state index contributed by atoms with van der Waals surface area (Å²) in [6.45, 7) is 0.720. The molecule has 0 saturated carbocycles. The second kappa shape index (κ2) is 5.07. The molecule has 90 valence electrons. The minimum atomic E-state index is -0.0562. The molecule has 0 spiro atoms. The van der Waals surface area contributed by atoms with Gasteiger partial charge in [0, 0.05) is 5.56 Å². The number of hydroxylamine groups is 1. The molecule has 0 radical (unpaired) electrons. The molecular weight excluding hydrogens is 220 g/mol. The van der Waals surface area contributed by atoms with Crippen LogP contribution >= 0.6 is 0 Å². The van der Waals surface area contributed by atoms with Crippen LogP contribution in [0.1, 0.15) is 16.8 Å². The van der Waals surface area contributed by atoms with E-state index in [1.54, 1.807) is 31.3 Å². The van der Waals surface area contributed by atoms with Gasteiger partial charge in [-0.25, -0.2) is 0 Å². The first-order chi connectivity index (χ1) is 8.22. The summed E-state index contributed by atoms with van der Waals surface area (Å²) < 4.78 is 0. The number of nitrogens with zero attached hydrogens (tertiary/aromatic N) is 1. The Labute approximate surface area is 99.3 Å². The minimum Gasteiger partial charge on any atom is -0.313 e. The number of hydrogen-bond donors (Lipinski definition) is 1. The molecule has 0 aromatic heterocycles. The van der Waals surface area contributed by atoms with E-state index in [0.717, 1.165) is 0 Å². The van der Waals surface area contributed by atoms with Gasteiger partial charge in [0.1, 0.15) is 0 Å². The van der Waals surface area contributed by atoms with Crippen molar-refractivity contribution in [2.45, 2.75) is 6.42 Å². The maximum absolute atomic E-state index is 11.6. The fourth-order valence-electron chi connectivity index (χ4n) is 1.66. The van der Waals surface area contributed by atoms with Crippen molar-refractivity contribution in [1.82, 2.24) is 5.32 Å². The SMILES string of the molecule is CNCC(=O)c1ccc(N2OCCC2=O)cc1. The predicted octanol–water partition coefficient (Wildman–Crippen LogP) is 0.757. The lowest BCUT2D eigenvalue weighted by atomic mass is 10.1. The van der Waals surface area contributed by atoms with Gasteiger partial charge in [-0.15, -0.1) is 0 Å². The summed E-state index contributed by atoms with van der Waals surface area (Å²) >= 11 is 0. The van der Waals surface area contributed by atoms with Crippen LogP contribution in [0, 0.1) is 0 Å². The number of anilines is 1. The monoisotopic (exact) mass is 234 g/mol. The molecule has 0 unspecified atom stereocenters. The fourth-order valence-corrected chi connectivity index (χ4v) is 1.66. The Morgan fingerprint density at radius 3 is 2.65 bits per heavy atom. The Morgan fingerprint density at radius 1 is 1.41 bits per heavy atom. The van der Waals surface area contributed by atoms with Crippen LogP contribution in [0.5, 0.6) is 0 Å². The highest BCUT2D eigenvalue weighted by Gasteiger charge is 2.23. The summed E-state index contributed by atoms with van der Waals surface area (Å²) in [5.41, 5.74) is 1.28. The predicted molar refractivity (Wildman–Crippen MR) is 62.8 cm³/mol. The lowest BCUT2D eigenvalue weighted by Crippen LogP contribution is -2.22. The zero-order chi connectivity index (χ0) is 12.3. The highest BCUT2D eigenvalue weighted by atomic mass is 16.7. The summed E-state index contributed by atoms with van der Waals surface area (Å²) in [6, 6.07) is 6.83. The number of carbonyl (C=O) groups excluding carboxylic acids is 2. The third-order valence-electron chi connectivity index (χ3n) is 2.52. The van der Waals surface area contributed by atoms with Crippen molar-refractivity contribution in [3.8, 4) is 0 Å². The van der Waals surface area contributed by atoms with Gasteiger partial charge < -0.3 is 5.32 Å². The molecular formula is C12H14N2O3. The lowest BCUT2D eigenvalue weighted by Gasteiger charge is -2.14. The Hall–Kier alpha value is -1.72. The molecule has 1 amide bonds. The number of likely N-dealkylation sites (N-methyl/N-ethyl adjacent to an activating group) is 1. The topological polar surface area (TPSA) is 58.6 Å². The van der Waals surface area contributed by atoms with Gasteiger partial charge in [-0.05, 0) is 31.3 Å². The van der Waals surface area contributed by atoms with E-state index in [-0.39, 0.29) is 11.7 Å². The highest BCUT2D eigenvalue weighted by molar-refractivity contribution is 5.98. The van der Waals surface area contributed by atoms with Gasteiger partial charge in [-0.2, -0.15) is 5.06 Å². The van der Waals surface area contributed by atoms with Crippen molar-refractivity contribution in [3.05, 3.63) is 29.8 Å². The quantitative estimate of drug-likeness (QED) is 0.781. The fraction of sp³-hybridized carbons (Fsp3) is 0.333. The molecule has 2 rings (SSSR count). The summed E-state index contributed by atoms with van der Waals surface area (Å²) in [4.78, 5) is 28.2. The van der Waals surface area contributed by atoms with E-state index in [1.165, 1.54) is 5.06 Å². The standard InChI is InChI=1S/C12H14N2O3/c1-13-8-11(15)9-2-4-10(5-3-9)14-12(16)6-7-17-14/h2-5,13H,6-8H2,1H3. The second-order valence-corrected chi connectivity index (χ2v) is 3.77. The van der Waals surface area contributed by atoms with Crippen LogP contribution in [-0.2, 0) is 9.63 Å². The van der Waals surface area contributed by atoms with Crippen LogP contribution in [0.3, 0.4) is 0 Å². The van der Waals surface area contributed by atoms with Crippen LogP contribution in [0.2, 0.25) is 0 Å². The van der Waals surface area contributed by atoms with Gasteiger partial charge in [-0.1, -0.05) is 0 Å². The Bertz CT molecular complexity index is 428. The molecule has 1 aliphatic rings. The minimum absolute atomic E-state index is 0.0210. The van der Waals surface area contributed by atoms with Crippen molar-refractivity contribution in [2.24, 2.45) is 0 Å². The normalized spacial score (nSPS) is 15.4. The molecule has 1 aromatic carbocycles. The number of benzene rings is 1. The maximum Gasteiger partial charge on any atom is 0.253 e. The molecule has 5 nitrogen and oxygen atoms in total. The zero-order valence-corrected chi connectivity index (χ0v) is 9.60. The molecule has 5 heteroatoms. The van der Waals surface area contributed by atoms with Gasteiger partial charge in [0.05, 0.1) is 25.3 Å². The van der Waals surface area contributed by atoms with Crippen molar-refractivity contribution in [3.63, 3.8) is 0 Å². The number of ketones is 1. The molecule has 1 N–H and O–H groups in total. The third-order valence-corrected chi connectivity index (χ3v) is 2.52. The molecule has 1 aliphatic heterocycles. The number of nitrogens with one attached hydrogen (secondary N) is 1. The Balaban J connectivity index is 2.12. The molecule has 1 fully saturated rings. The smallest absolute Gasteiger partial charge is 0.253 e. The number of carbonyl (C=O) groups is 2. The van der Waals surface area contributed by atoms with Crippen molar-refractivity contribution < 1.29 is 14.4 Å². The molecule has 1 saturated heterocycles. The first-order valence-corrected chi connectivity index (χ1v) is 5.46. The zero-order valence-electron chi connectivity index (χ0n) is 9.60. The summed E-state index contributed by atoms with van der Waals surface area (Å²) in [7, 11) is 1.73. The van der Waals surface area contributed by atoms with E-state index in [2.05, 4.69) is 5.32 Å². The van der Waals surface area contributed by atoms with E-state index in [1.807, 2.05) is 0 Å². The summed E-state index contributed by atoms with van der Waals surface area (Å²) in [5, 5.41) is 4.07. The molecule has 0 aliphatic carbocycles. The van der Waals surface area contributed by atoms with Crippen LogP contribution in [0.4, 0.5) is 5.69 Å². The van der Waals surface area contributed by atoms with E-state index in [9.17, 15) is 9.59 Å². The Kier molecular flexibility index (Phi) is 3.51. The van der Waals surface area contributed by atoms with Gasteiger partial charge >= 0.3 is 0 Å². The first kappa shape index (κ1) is 11.8. The largest absolute Gasteiger partial charge is 0.313 e. The first-order valence-electron chi connectivity index (χ1n) is 5.46. The average molecular weight is 234 g/mol. The molecule has 0 bridgehead atoms. The third kappa shape index (κ3) is 2.51. The average Bonchev–Trinajstić information content (AvgIpc) is 2.76. The van der Waals surface area contributed by atoms with Crippen molar-refractivity contribution in [2.75, 3.05) is 25.3 Å². The number of rotatable bonds is 4. The van der Waals surface area contributed by atoms with Gasteiger partial charge in [0.15, 0.2) is 5.78 Å². The van der Waals surface area contributed by atoms with Crippen molar-refractivity contribution >= 4 is 17.4 Å². The molecule has 17 heavy (non-hydrogen) atoms. The summed E-state index contributed by atoms with van der Waals surface area (Å²) in [6.07, 6.45) is 0.403. The second-order valence-electron chi connectivity index (χ2n) is 3.77. The molecule has 1 heterocycles. The summed E-state index contributed by atoms with van der Waals surface area (Å²) in [5.74, 6) is -0.0352. The van der Waals surface area contributed by atoms with Gasteiger partial charge in [0.25, 0.3) is 5.91 Å². The highest BCUT2D eigenvalue weighted by Crippen LogP contribution is 2.20. The van der Waals surface area contributed by atoms with E-state index in [0.29, 0.717) is 30.8 Å². The van der Waals surface area contributed by atoms with E-state index < -0.39 is 0 Å². The van der Waals surface area contributed by atoms with Crippen LogP contribution < -0.4 is 10.4 Å². The van der Waals surface area contributed by atoms with Crippen molar-refractivity contribution in [1.29, 1.82) is 0 Å². The van der Waals surface area contributed by atoms with E-state index in [4.69, 9.17) is 4.84 Å². The van der Waals surface area contributed by atoms with E-state index >= 15 is 0 Å². The van der Waals surface area contributed by atoms with Gasteiger partial charge in [-0.3, -0.25) is 14.4 Å². The maximum atomic E-state index is 11.6. The van der Waals surface area contributed by atoms with Crippen LogP contribution in [0.25, 0.3) is 0 Å². The molecule has 1 aromatic rings. The molecule has 0 atom stereocenters. The lowest BCUT2D eigenvalue weighted by molar-refractivity contribution is -0.119. The van der Waals surface area contributed by atoms with Crippen LogP contribution in [0.15, 0.2) is 24.3 Å².